The molecule has 2 aliphatic rings. The molecule has 0 unspecified atom stereocenters. The van der Waals surface area contributed by atoms with Crippen molar-refractivity contribution in [3.63, 3.8) is 0 Å². The number of carbonyl (C=O) groups excluding carboxylic acids is 2. The largest absolute Gasteiger partial charge is 0.336 e. The number of amides is 3. The molecule has 22 heavy (non-hydrogen) atoms. The maximum Gasteiger partial charge on any atom is 0.324 e. The number of imide groups is 1. The Morgan fingerprint density at radius 1 is 1.45 bits per heavy atom. The summed E-state index contributed by atoms with van der Waals surface area (Å²) in [5, 5.41) is 2.68. The molecule has 0 bridgehead atoms. The minimum atomic E-state index is -0.260. The van der Waals surface area contributed by atoms with Gasteiger partial charge in [0.05, 0.1) is 6.54 Å². The number of nitrogens with one attached hydrogen (secondary N) is 1. The normalized spacial score (nSPS) is 17.5. The van der Waals surface area contributed by atoms with E-state index in [1.807, 2.05) is 11.3 Å². The van der Waals surface area contributed by atoms with Crippen molar-refractivity contribution < 1.29 is 9.59 Å². The van der Waals surface area contributed by atoms with Crippen LogP contribution in [-0.2, 0) is 24.2 Å². The predicted octanol–water partition coefficient (Wildman–Crippen LogP) is 2.00. The Morgan fingerprint density at radius 3 is 2.91 bits per heavy atom. The molecule has 1 aromatic rings. The van der Waals surface area contributed by atoms with Crippen LogP contribution in [0.3, 0.4) is 0 Å². The number of fused-ring (bicyclic) bond motifs is 1. The summed E-state index contributed by atoms with van der Waals surface area (Å²) in [5.41, 5.74) is 1.49. The number of rotatable bonds is 5. The van der Waals surface area contributed by atoms with Crippen LogP contribution in [-0.4, -0.2) is 47.4 Å². The van der Waals surface area contributed by atoms with Crippen LogP contribution in [0.2, 0.25) is 0 Å². The van der Waals surface area contributed by atoms with Gasteiger partial charge in [0, 0.05) is 35.4 Å². The Labute approximate surface area is 135 Å². The number of nitrogens with zero attached hydrogens (tertiary/aromatic N) is 2. The van der Waals surface area contributed by atoms with Gasteiger partial charge < -0.3 is 5.32 Å². The van der Waals surface area contributed by atoms with E-state index in [1.165, 1.54) is 39.5 Å². The van der Waals surface area contributed by atoms with Crippen molar-refractivity contribution >= 4 is 23.3 Å². The first-order valence-corrected chi connectivity index (χ1v) is 8.79. The van der Waals surface area contributed by atoms with Gasteiger partial charge in [-0.3, -0.25) is 14.6 Å². The molecule has 0 aromatic carbocycles. The van der Waals surface area contributed by atoms with Crippen LogP contribution >= 0.6 is 11.3 Å². The van der Waals surface area contributed by atoms with Crippen molar-refractivity contribution in [3.05, 3.63) is 21.4 Å². The molecule has 0 radical (unpaired) electrons. The van der Waals surface area contributed by atoms with Crippen LogP contribution < -0.4 is 5.32 Å². The van der Waals surface area contributed by atoms with Crippen molar-refractivity contribution in [2.75, 3.05) is 19.6 Å². The third-order valence-corrected chi connectivity index (χ3v) is 5.60. The molecule has 1 N–H and O–H groups in total. The highest BCUT2D eigenvalue weighted by molar-refractivity contribution is 7.12. The highest BCUT2D eigenvalue weighted by atomic mass is 32.1. The lowest BCUT2D eigenvalue weighted by Gasteiger charge is -2.26. The molecule has 0 spiro atoms. The quantitative estimate of drug-likeness (QED) is 0.902. The summed E-state index contributed by atoms with van der Waals surface area (Å²) in [7, 11) is 0. The molecular formula is C16H23N3O2S. The Bertz CT molecular complexity index is 560. The minimum absolute atomic E-state index is 0.104. The second kappa shape index (κ2) is 6.38. The molecule has 3 amide bonds. The van der Waals surface area contributed by atoms with Gasteiger partial charge >= 0.3 is 6.03 Å². The summed E-state index contributed by atoms with van der Waals surface area (Å²) in [6.45, 7) is 6.32. The number of hydrogen-bond donors (Lipinski definition) is 1. The lowest BCUT2D eigenvalue weighted by molar-refractivity contribution is -0.129. The second-order valence-electron chi connectivity index (χ2n) is 6.29. The zero-order chi connectivity index (χ0) is 15.7. The van der Waals surface area contributed by atoms with Crippen molar-refractivity contribution in [2.24, 2.45) is 0 Å². The van der Waals surface area contributed by atoms with Gasteiger partial charge in [0.25, 0.3) is 0 Å². The standard InChI is InChI=1S/C16H23N3O2S/c1-11(2)18(10-15(20)19-7-6-17-16(19)21)9-13-8-12-4-3-5-14(12)22-13/h8,11H,3-7,9-10H2,1-2H3,(H,17,21). The van der Waals surface area contributed by atoms with E-state index in [1.54, 1.807) is 0 Å². The molecule has 1 aliphatic carbocycles. The molecule has 2 heterocycles. The van der Waals surface area contributed by atoms with Crippen LogP contribution in [0.1, 0.15) is 35.6 Å². The Hall–Kier alpha value is -1.40. The van der Waals surface area contributed by atoms with Crippen LogP contribution in [0.25, 0.3) is 0 Å². The van der Waals surface area contributed by atoms with Gasteiger partial charge in [-0.15, -0.1) is 11.3 Å². The molecule has 6 heteroatoms. The number of carbonyl (C=O) groups is 2. The Balaban J connectivity index is 1.64. The van der Waals surface area contributed by atoms with Gasteiger partial charge in [0.1, 0.15) is 0 Å². The van der Waals surface area contributed by atoms with Gasteiger partial charge in [-0.1, -0.05) is 0 Å². The molecule has 0 saturated carbocycles. The fourth-order valence-corrected chi connectivity index (χ4v) is 4.34. The third-order valence-electron chi connectivity index (χ3n) is 4.38. The molecule has 0 atom stereocenters. The van der Waals surface area contributed by atoms with E-state index in [-0.39, 0.29) is 18.0 Å². The van der Waals surface area contributed by atoms with Crippen molar-refractivity contribution in [2.45, 2.75) is 45.7 Å². The molecule has 5 nitrogen and oxygen atoms in total. The Kier molecular flexibility index (Phi) is 4.49. The highest BCUT2D eigenvalue weighted by Crippen LogP contribution is 2.31. The van der Waals surface area contributed by atoms with E-state index in [0.29, 0.717) is 19.6 Å². The fourth-order valence-electron chi connectivity index (χ4n) is 3.06. The summed E-state index contributed by atoms with van der Waals surface area (Å²) in [6.07, 6.45) is 3.67. The topological polar surface area (TPSA) is 52.7 Å². The van der Waals surface area contributed by atoms with Crippen LogP contribution in [0.15, 0.2) is 6.07 Å². The number of hydrogen-bond acceptors (Lipinski definition) is 4. The lowest BCUT2D eigenvalue weighted by atomic mass is 10.2. The monoisotopic (exact) mass is 321 g/mol. The lowest BCUT2D eigenvalue weighted by Crippen LogP contribution is -2.43. The zero-order valence-corrected chi connectivity index (χ0v) is 14.0. The Morgan fingerprint density at radius 2 is 2.27 bits per heavy atom. The zero-order valence-electron chi connectivity index (χ0n) is 13.2. The van der Waals surface area contributed by atoms with E-state index in [0.717, 1.165) is 6.54 Å². The predicted molar refractivity (Wildman–Crippen MR) is 87.0 cm³/mol. The second-order valence-corrected chi connectivity index (χ2v) is 7.51. The summed E-state index contributed by atoms with van der Waals surface area (Å²) in [5.74, 6) is -0.104. The van der Waals surface area contributed by atoms with Crippen molar-refractivity contribution in [3.8, 4) is 0 Å². The summed E-state index contributed by atoms with van der Waals surface area (Å²) < 4.78 is 0. The maximum atomic E-state index is 12.3. The van der Waals surface area contributed by atoms with Crippen molar-refractivity contribution in [1.82, 2.24) is 15.1 Å². The highest BCUT2D eigenvalue weighted by Gasteiger charge is 2.28. The van der Waals surface area contributed by atoms with Crippen LogP contribution in [0.5, 0.6) is 0 Å². The number of urea groups is 1. The van der Waals surface area contributed by atoms with Crippen LogP contribution in [0, 0.1) is 0 Å². The van der Waals surface area contributed by atoms with Gasteiger partial charge in [0.15, 0.2) is 0 Å². The fraction of sp³-hybridized carbons (Fsp3) is 0.625. The third kappa shape index (κ3) is 3.17. The van der Waals surface area contributed by atoms with Gasteiger partial charge in [-0.05, 0) is 44.7 Å². The molecule has 1 fully saturated rings. The van der Waals surface area contributed by atoms with E-state index < -0.39 is 0 Å². The smallest absolute Gasteiger partial charge is 0.324 e. The maximum absolute atomic E-state index is 12.3. The van der Waals surface area contributed by atoms with Gasteiger partial charge in [-0.2, -0.15) is 0 Å². The van der Waals surface area contributed by atoms with E-state index >= 15 is 0 Å². The van der Waals surface area contributed by atoms with Gasteiger partial charge in [0.2, 0.25) is 5.91 Å². The minimum Gasteiger partial charge on any atom is -0.336 e. The molecule has 1 aromatic heterocycles. The first-order valence-electron chi connectivity index (χ1n) is 7.97. The van der Waals surface area contributed by atoms with E-state index in [2.05, 4.69) is 30.1 Å². The SMILES string of the molecule is CC(C)N(CC(=O)N1CCNC1=O)Cc1cc2c(s1)CCC2. The van der Waals surface area contributed by atoms with Crippen molar-refractivity contribution in [1.29, 1.82) is 0 Å². The molecule has 1 saturated heterocycles. The van der Waals surface area contributed by atoms with E-state index in [4.69, 9.17) is 0 Å². The van der Waals surface area contributed by atoms with E-state index in [9.17, 15) is 9.59 Å². The summed E-state index contributed by atoms with van der Waals surface area (Å²) in [4.78, 5) is 30.2. The molecule has 1 aliphatic heterocycles. The molecule has 120 valence electrons. The summed E-state index contributed by atoms with van der Waals surface area (Å²) in [6, 6.07) is 2.31. The average molecular weight is 321 g/mol. The first-order chi connectivity index (χ1) is 10.5. The first kappa shape index (κ1) is 15.5. The van der Waals surface area contributed by atoms with Crippen LogP contribution in [0.4, 0.5) is 4.79 Å². The molecular weight excluding hydrogens is 298 g/mol. The molecule has 3 rings (SSSR count). The summed E-state index contributed by atoms with van der Waals surface area (Å²) >= 11 is 1.88. The average Bonchev–Trinajstić information content (AvgIpc) is 3.13. The van der Waals surface area contributed by atoms with Gasteiger partial charge in [-0.25, -0.2) is 4.79 Å². The number of thiophene rings is 1. The number of aryl methyl sites for hydroxylation is 2.